The van der Waals surface area contributed by atoms with E-state index in [1.54, 1.807) is 29.8 Å². The molecule has 0 radical (unpaired) electrons. The van der Waals surface area contributed by atoms with E-state index in [1.807, 2.05) is 20.9 Å². The molecule has 0 aliphatic carbocycles. The zero-order chi connectivity index (χ0) is 26.2. The summed E-state index contributed by atoms with van der Waals surface area (Å²) in [5.41, 5.74) is 0.120. The van der Waals surface area contributed by atoms with E-state index in [4.69, 9.17) is 9.72 Å². The number of ether oxygens (including phenoxy) is 1. The number of imidazole rings is 1. The average Bonchev–Trinajstić information content (AvgIpc) is 3.20. The molecule has 12 heteroatoms. The Bertz CT molecular complexity index is 1500. The van der Waals surface area contributed by atoms with E-state index < -0.39 is 21.3 Å². The Morgan fingerprint density at radius 3 is 2.33 bits per heavy atom. The quantitative estimate of drug-likeness (QED) is 0.441. The van der Waals surface area contributed by atoms with Crippen molar-refractivity contribution in [3.05, 3.63) is 39.0 Å². The van der Waals surface area contributed by atoms with Crippen LogP contribution in [0.25, 0.3) is 22.6 Å². The number of hydrogen-bond acceptors (Lipinski definition) is 7. The predicted octanol–water partition coefficient (Wildman–Crippen LogP) is 1.24. The number of hydrogen-bond donors (Lipinski definition) is 0. The van der Waals surface area contributed by atoms with Crippen molar-refractivity contribution >= 4 is 21.2 Å². The van der Waals surface area contributed by atoms with Crippen LogP contribution in [0.2, 0.25) is 0 Å². The summed E-state index contributed by atoms with van der Waals surface area (Å²) in [4.78, 5) is 32.9. The molecule has 0 atom stereocenters. The molecule has 36 heavy (non-hydrogen) atoms. The molecule has 3 aromatic rings. The van der Waals surface area contributed by atoms with Crippen LogP contribution in [0.3, 0.4) is 0 Å². The van der Waals surface area contributed by atoms with Crippen molar-refractivity contribution in [2.24, 2.45) is 14.1 Å². The number of aromatic nitrogens is 4. The Morgan fingerprint density at radius 1 is 1.00 bits per heavy atom. The monoisotopic (exact) mass is 518 g/mol. The number of unbranched alkanes of at least 4 members (excludes halogenated alkanes) is 1. The first-order valence-electron chi connectivity index (χ1n) is 12.2. The largest absolute Gasteiger partial charge is 0.493 e. The van der Waals surface area contributed by atoms with Gasteiger partial charge in [0, 0.05) is 46.8 Å². The van der Waals surface area contributed by atoms with Crippen molar-refractivity contribution in [2.45, 2.75) is 38.1 Å². The van der Waals surface area contributed by atoms with Gasteiger partial charge < -0.3 is 14.2 Å². The summed E-state index contributed by atoms with van der Waals surface area (Å²) in [5, 5.41) is 0. The smallest absolute Gasteiger partial charge is 0.332 e. The molecule has 2 aromatic heterocycles. The lowest BCUT2D eigenvalue weighted by Crippen LogP contribution is -2.47. The Balaban J connectivity index is 1.93. The predicted molar refractivity (Wildman–Crippen MR) is 138 cm³/mol. The first kappa shape index (κ1) is 26.1. The Kier molecular flexibility index (Phi) is 7.39. The van der Waals surface area contributed by atoms with Crippen LogP contribution in [-0.4, -0.2) is 76.1 Å². The molecule has 1 aliphatic rings. The van der Waals surface area contributed by atoms with Crippen LogP contribution < -0.4 is 16.0 Å². The molecule has 0 saturated carbocycles. The van der Waals surface area contributed by atoms with Gasteiger partial charge >= 0.3 is 5.69 Å². The zero-order valence-corrected chi connectivity index (χ0v) is 22.3. The lowest BCUT2D eigenvalue weighted by molar-refractivity contribution is 0.222. The summed E-state index contributed by atoms with van der Waals surface area (Å²) in [5.74, 6) is 0.810. The summed E-state index contributed by atoms with van der Waals surface area (Å²) < 4.78 is 38.4. The number of nitrogens with zero attached hydrogens (tertiary/aromatic N) is 6. The molecule has 196 valence electrons. The summed E-state index contributed by atoms with van der Waals surface area (Å²) in [6.07, 6.45) is 1.62. The number of benzene rings is 1. The van der Waals surface area contributed by atoms with Gasteiger partial charge in [-0.15, -0.1) is 0 Å². The molecule has 1 saturated heterocycles. The van der Waals surface area contributed by atoms with Gasteiger partial charge in [-0.1, -0.05) is 13.3 Å². The highest BCUT2D eigenvalue weighted by Gasteiger charge is 2.29. The van der Waals surface area contributed by atoms with Gasteiger partial charge in [0.2, 0.25) is 10.0 Å². The molecule has 0 unspecified atom stereocenters. The molecule has 1 aromatic carbocycles. The number of aryl methyl sites for hydroxylation is 2. The molecule has 0 N–H and O–H groups in total. The van der Waals surface area contributed by atoms with E-state index >= 15 is 0 Å². The van der Waals surface area contributed by atoms with E-state index in [0.717, 1.165) is 17.4 Å². The molecule has 1 aliphatic heterocycles. The highest BCUT2D eigenvalue weighted by molar-refractivity contribution is 7.89. The molecule has 4 rings (SSSR count). The van der Waals surface area contributed by atoms with Gasteiger partial charge in [-0.2, -0.15) is 4.31 Å². The van der Waals surface area contributed by atoms with Crippen molar-refractivity contribution < 1.29 is 13.2 Å². The maximum atomic E-state index is 13.5. The van der Waals surface area contributed by atoms with Crippen molar-refractivity contribution in [2.75, 3.05) is 39.8 Å². The van der Waals surface area contributed by atoms with E-state index in [1.165, 1.54) is 15.9 Å². The number of likely N-dealkylation sites (N-methyl/N-ethyl adjacent to an activating group) is 1. The van der Waals surface area contributed by atoms with Crippen LogP contribution in [0, 0.1) is 0 Å². The number of fused-ring (bicyclic) bond motifs is 1. The molecule has 1 fully saturated rings. The van der Waals surface area contributed by atoms with E-state index in [0.29, 0.717) is 56.5 Å². The van der Waals surface area contributed by atoms with E-state index in [-0.39, 0.29) is 16.1 Å². The highest BCUT2D eigenvalue weighted by Crippen LogP contribution is 2.34. The van der Waals surface area contributed by atoms with Crippen LogP contribution in [0.1, 0.15) is 26.7 Å². The van der Waals surface area contributed by atoms with Crippen molar-refractivity contribution in [1.82, 2.24) is 27.9 Å². The first-order chi connectivity index (χ1) is 17.1. The summed E-state index contributed by atoms with van der Waals surface area (Å²) in [7, 11) is 1.37. The van der Waals surface area contributed by atoms with Gasteiger partial charge in [0.25, 0.3) is 5.56 Å². The Labute approximate surface area is 210 Å². The first-order valence-corrected chi connectivity index (χ1v) is 13.7. The van der Waals surface area contributed by atoms with Crippen molar-refractivity contribution in [3.63, 3.8) is 0 Å². The minimum Gasteiger partial charge on any atom is -0.493 e. The van der Waals surface area contributed by atoms with Gasteiger partial charge in [0.1, 0.15) is 11.6 Å². The molecule has 3 heterocycles. The third-order valence-corrected chi connectivity index (χ3v) is 8.58. The Morgan fingerprint density at radius 2 is 1.69 bits per heavy atom. The Hall–Kier alpha value is -2.96. The minimum absolute atomic E-state index is 0.133. The number of piperazine rings is 1. The van der Waals surface area contributed by atoms with Gasteiger partial charge in [0.05, 0.1) is 17.1 Å². The van der Waals surface area contributed by atoms with Crippen LogP contribution in [-0.2, 0) is 30.7 Å². The molecule has 0 bridgehead atoms. The molecule has 0 amide bonds. The maximum absolute atomic E-state index is 13.5. The fourth-order valence-corrected chi connectivity index (χ4v) is 5.94. The fraction of sp³-hybridized carbons (Fsp3) is 0.542. The zero-order valence-electron chi connectivity index (χ0n) is 21.5. The molecular formula is C24H34N6O5S. The second kappa shape index (κ2) is 10.2. The van der Waals surface area contributed by atoms with Gasteiger partial charge in [-0.25, -0.2) is 18.2 Å². The fourth-order valence-electron chi connectivity index (χ4n) is 4.49. The van der Waals surface area contributed by atoms with E-state index in [2.05, 4.69) is 4.90 Å². The number of rotatable bonds is 8. The van der Waals surface area contributed by atoms with Gasteiger partial charge in [0.15, 0.2) is 11.2 Å². The molecule has 11 nitrogen and oxygen atoms in total. The summed E-state index contributed by atoms with van der Waals surface area (Å²) in [6.45, 7) is 6.79. The SMILES string of the molecule is CCCCn1c(=O)n(C)c(=O)c2c1nc(-c1cc(S(=O)(=O)N3CCN(C)CC3)ccc1OCC)n2C. The highest BCUT2D eigenvalue weighted by atomic mass is 32.2. The maximum Gasteiger partial charge on any atom is 0.332 e. The normalized spacial score (nSPS) is 15.6. The summed E-state index contributed by atoms with van der Waals surface area (Å²) >= 11 is 0. The van der Waals surface area contributed by atoms with Crippen LogP contribution in [0.5, 0.6) is 5.75 Å². The lowest BCUT2D eigenvalue weighted by atomic mass is 10.2. The average molecular weight is 519 g/mol. The van der Waals surface area contributed by atoms with Crippen LogP contribution in [0.15, 0.2) is 32.7 Å². The minimum atomic E-state index is -3.74. The van der Waals surface area contributed by atoms with Crippen molar-refractivity contribution in [1.29, 1.82) is 0 Å². The van der Waals surface area contributed by atoms with Gasteiger partial charge in [-0.05, 0) is 38.6 Å². The second-order valence-electron chi connectivity index (χ2n) is 9.12. The third kappa shape index (κ3) is 4.48. The van der Waals surface area contributed by atoms with Crippen LogP contribution >= 0.6 is 0 Å². The van der Waals surface area contributed by atoms with Gasteiger partial charge in [-0.3, -0.25) is 13.9 Å². The van der Waals surface area contributed by atoms with Crippen LogP contribution in [0.4, 0.5) is 0 Å². The molecule has 0 spiro atoms. The number of sulfonamides is 1. The summed E-state index contributed by atoms with van der Waals surface area (Å²) in [6, 6.07) is 4.73. The molecular weight excluding hydrogens is 484 g/mol. The van der Waals surface area contributed by atoms with Crippen molar-refractivity contribution in [3.8, 4) is 17.1 Å². The standard InChI is InChI=1S/C24H34N6O5S/c1-6-8-11-30-22-20(23(31)28(5)24(30)32)27(4)21(25-22)18-16-17(9-10-19(18)35-7-2)36(33,34)29-14-12-26(3)13-15-29/h9-10,16H,6-8,11-15H2,1-5H3. The second-order valence-corrected chi connectivity index (χ2v) is 11.1. The van der Waals surface area contributed by atoms with E-state index in [9.17, 15) is 18.0 Å². The topological polar surface area (TPSA) is 112 Å². The lowest BCUT2D eigenvalue weighted by Gasteiger charge is -2.31. The third-order valence-electron chi connectivity index (χ3n) is 6.68.